The van der Waals surface area contributed by atoms with Crippen molar-refractivity contribution >= 4 is 10.8 Å². The molecule has 1 aliphatic carbocycles. The van der Waals surface area contributed by atoms with E-state index >= 15 is 0 Å². The third-order valence-electron chi connectivity index (χ3n) is 8.13. The molecule has 5 aromatic carbocycles. The van der Waals surface area contributed by atoms with Crippen LogP contribution in [0.2, 0.25) is 0 Å². The number of benzene rings is 5. The van der Waals surface area contributed by atoms with Gasteiger partial charge in [-0.2, -0.15) is 0 Å². The van der Waals surface area contributed by atoms with Gasteiger partial charge in [-0.05, 0) is 107 Å². The zero-order chi connectivity index (χ0) is 23.2. The minimum Gasteiger partial charge on any atom is -0.457 e. The van der Waals surface area contributed by atoms with Crippen molar-refractivity contribution in [2.75, 3.05) is 0 Å². The fraction of sp³-hybridized carbons (Fsp3) is 0.152. The van der Waals surface area contributed by atoms with Crippen molar-refractivity contribution in [2.45, 2.75) is 33.1 Å². The molecule has 34 heavy (non-hydrogen) atoms. The number of rotatable bonds is 0. The van der Waals surface area contributed by atoms with E-state index in [1.54, 1.807) is 0 Å². The number of hydrogen-bond acceptors (Lipinski definition) is 1. The first-order valence-corrected chi connectivity index (χ1v) is 12.0. The molecule has 7 rings (SSSR count). The summed E-state index contributed by atoms with van der Waals surface area (Å²) in [5, 5.41) is 2.55. The summed E-state index contributed by atoms with van der Waals surface area (Å²) in [5.74, 6) is 1.93. The van der Waals surface area contributed by atoms with Gasteiger partial charge in [0.2, 0.25) is 0 Å². The van der Waals surface area contributed by atoms with Crippen LogP contribution in [0, 0.1) is 27.7 Å². The van der Waals surface area contributed by atoms with Crippen LogP contribution in [-0.2, 0) is 5.41 Å². The summed E-state index contributed by atoms with van der Waals surface area (Å²) in [5.41, 5.74) is 12.5. The summed E-state index contributed by atoms with van der Waals surface area (Å²) in [7, 11) is 0. The van der Waals surface area contributed by atoms with Gasteiger partial charge in [0.25, 0.3) is 0 Å². The highest BCUT2D eigenvalue weighted by atomic mass is 16.5. The van der Waals surface area contributed by atoms with E-state index in [1.807, 2.05) is 0 Å². The fourth-order valence-corrected chi connectivity index (χ4v) is 6.14. The molecule has 0 atom stereocenters. The summed E-state index contributed by atoms with van der Waals surface area (Å²) >= 11 is 0. The topological polar surface area (TPSA) is 9.23 Å². The van der Waals surface area contributed by atoms with Crippen LogP contribution in [0.1, 0.15) is 44.5 Å². The van der Waals surface area contributed by atoms with E-state index in [9.17, 15) is 0 Å². The molecule has 5 aromatic rings. The molecule has 1 heterocycles. The summed E-state index contributed by atoms with van der Waals surface area (Å²) in [4.78, 5) is 0. The van der Waals surface area contributed by atoms with E-state index in [2.05, 4.69) is 113 Å². The second-order valence-corrected chi connectivity index (χ2v) is 10.0. The Morgan fingerprint density at radius 3 is 1.65 bits per heavy atom. The van der Waals surface area contributed by atoms with Crippen LogP contribution in [0.15, 0.2) is 84.9 Å². The highest BCUT2D eigenvalue weighted by Gasteiger charge is 2.51. The molecule has 0 aromatic heterocycles. The number of aryl methyl sites for hydroxylation is 4. The van der Waals surface area contributed by atoms with Crippen LogP contribution in [0.4, 0.5) is 0 Å². The first kappa shape index (κ1) is 19.6. The van der Waals surface area contributed by atoms with Crippen molar-refractivity contribution in [1.82, 2.24) is 0 Å². The molecule has 1 aliphatic heterocycles. The third-order valence-corrected chi connectivity index (χ3v) is 8.13. The average Bonchev–Trinajstić information content (AvgIpc) is 3.11. The van der Waals surface area contributed by atoms with Crippen molar-refractivity contribution < 1.29 is 4.74 Å². The van der Waals surface area contributed by atoms with Gasteiger partial charge in [-0.15, -0.1) is 0 Å². The van der Waals surface area contributed by atoms with Crippen LogP contribution >= 0.6 is 0 Å². The Morgan fingerprint density at radius 1 is 0.471 bits per heavy atom. The Morgan fingerprint density at radius 2 is 1.00 bits per heavy atom. The molecular weight excluding hydrogens is 412 g/mol. The van der Waals surface area contributed by atoms with Crippen molar-refractivity contribution in [3.05, 3.63) is 129 Å². The first-order valence-electron chi connectivity index (χ1n) is 12.0. The van der Waals surface area contributed by atoms with Gasteiger partial charge < -0.3 is 4.74 Å². The van der Waals surface area contributed by atoms with Crippen LogP contribution < -0.4 is 4.74 Å². The molecule has 0 radical (unpaired) electrons. The lowest BCUT2D eigenvalue weighted by Crippen LogP contribution is -2.32. The van der Waals surface area contributed by atoms with Crippen LogP contribution in [0.25, 0.3) is 21.9 Å². The molecule has 164 valence electrons. The number of ether oxygens (including phenoxy) is 1. The lowest BCUT2D eigenvalue weighted by molar-refractivity contribution is 0.435. The molecule has 0 bridgehead atoms. The molecule has 0 saturated carbocycles. The fourth-order valence-electron chi connectivity index (χ4n) is 6.14. The van der Waals surface area contributed by atoms with E-state index in [0.717, 1.165) is 11.5 Å². The molecule has 1 nitrogen and oxygen atoms in total. The highest BCUT2D eigenvalue weighted by Crippen LogP contribution is 2.63. The minimum absolute atomic E-state index is 0.407. The predicted molar refractivity (Wildman–Crippen MR) is 140 cm³/mol. The Hall–Kier alpha value is -3.84. The van der Waals surface area contributed by atoms with Crippen molar-refractivity contribution in [3.8, 4) is 22.6 Å². The number of hydrogen-bond donors (Lipinski definition) is 0. The van der Waals surface area contributed by atoms with Gasteiger partial charge in [-0.3, -0.25) is 0 Å². The van der Waals surface area contributed by atoms with E-state index in [0.29, 0.717) is 0 Å². The van der Waals surface area contributed by atoms with Crippen LogP contribution in [0.5, 0.6) is 11.5 Å². The molecular formula is C33H26O. The van der Waals surface area contributed by atoms with E-state index in [-0.39, 0.29) is 0 Å². The molecule has 0 N–H and O–H groups in total. The molecule has 0 fully saturated rings. The van der Waals surface area contributed by atoms with Crippen molar-refractivity contribution in [3.63, 3.8) is 0 Å². The Kier molecular flexibility index (Phi) is 3.81. The minimum atomic E-state index is -0.407. The molecule has 0 amide bonds. The van der Waals surface area contributed by atoms with Gasteiger partial charge in [0.05, 0.1) is 5.41 Å². The van der Waals surface area contributed by atoms with Crippen LogP contribution in [0.3, 0.4) is 0 Å². The predicted octanol–water partition coefficient (Wildman–Crippen LogP) is 8.54. The van der Waals surface area contributed by atoms with E-state index in [4.69, 9.17) is 4.74 Å². The Balaban J connectivity index is 1.73. The van der Waals surface area contributed by atoms with Gasteiger partial charge >= 0.3 is 0 Å². The van der Waals surface area contributed by atoms with E-state index < -0.39 is 5.41 Å². The smallest absolute Gasteiger partial charge is 0.132 e. The van der Waals surface area contributed by atoms with Gasteiger partial charge in [0, 0.05) is 11.1 Å². The second kappa shape index (κ2) is 6.61. The van der Waals surface area contributed by atoms with Crippen molar-refractivity contribution in [2.24, 2.45) is 0 Å². The lowest BCUT2D eigenvalue weighted by atomic mass is 9.65. The Labute approximate surface area is 200 Å². The lowest BCUT2D eigenvalue weighted by Gasteiger charge is -2.40. The quantitative estimate of drug-likeness (QED) is 0.230. The van der Waals surface area contributed by atoms with Gasteiger partial charge in [0.15, 0.2) is 0 Å². The summed E-state index contributed by atoms with van der Waals surface area (Å²) < 4.78 is 6.65. The maximum atomic E-state index is 6.65. The highest BCUT2D eigenvalue weighted by molar-refractivity contribution is 5.96. The molecule has 1 heteroatoms. The van der Waals surface area contributed by atoms with E-state index in [1.165, 1.54) is 66.4 Å². The zero-order valence-electron chi connectivity index (χ0n) is 20.0. The SMILES string of the molecule is Cc1cc2c(cc1C)C1(c3cc(C)c(C)cc3O2)c2ccccc2-c2cc3ccccc3cc21. The molecule has 2 aliphatic rings. The average molecular weight is 439 g/mol. The summed E-state index contributed by atoms with van der Waals surface area (Å²) in [6.45, 7) is 8.76. The maximum absolute atomic E-state index is 6.65. The molecule has 0 unspecified atom stereocenters. The van der Waals surface area contributed by atoms with Crippen LogP contribution in [-0.4, -0.2) is 0 Å². The summed E-state index contributed by atoms with van der Waals surface area (Å²) in [6, 6.07) is 31.7. The summed E-state index contributed by atoms with van der Waals surface area (Å²) in [6.07, 6.45) is 0. The zero-order valence-corrected chi connectivity index (χ0v) is 20.0. The normalized spacial score (nSPS) is 14.4. The maximum Gasteiger partial charge on any atom is 0.132 e. The van der Waals surface area contributed by atoms with Crippen molar-refractivity contribution in [1.29, 1.82) is 0 Å². The number of fused-ring (bicyclic) bond motifs is 10. The van der Waals surface area contributed by atoms with Gasteiger partial charge in [-0.25, -0.2) is 0 Å². The Bertz CT molecular complexity index is 1610. The molecule has 0 saturated heterocycles. The van der Waals surface area contributed by atoms with Gasteiger partial charge in [0.1, 0.15) is 11.5 Å². The second-order valence-electron chi connectivity index (χ2n) is 10.0. The largest absolute Gasteiger partial charge is 0.457 e. The first-order chi connectivity index (χ1) is 16.5. The standard InChI is InChI=1S/C33H26O/c1-19-13-29-31(15-21(19)3)34-32-16-22(4)20(2)14-30(32)33(29)27-12-8-7-11-25(27)26-17-23-9-5-6-10-24(23)18-28(26)33/h5-18H,1-4H3. The monoisotopic (exact) mass is 438 g/mol. The molecule has 1 spiro atoms. The third kappa shape index (κ3) is 2.34. The van der Waals surface area contributed by atoms with Gasteiger partial charge in [-0.1, -0.05) is 60.7 Å².